The molecule has 0 amide bonds. The van der Waals surface area contributed by atoms with Gasteiger partial charge < -0.3 is 18.6 Å². The SMILES string of the molecule is COC(=O)C[C@@H]1[C@H](OCc2ccccc2)[C@H](O[Si](C)(C)C(C)(C)C)CN1CC(=O)OC. The average Bonchev–Trinajstić information content (AvgIpc) is 3.01. The van der Waals surface area contributed by atoms with Gasteiger partial charge in [-0.05, 0) is 23.7 Å². The minimum atomic E-state index is -2.11. The molecule has 0 bridgehead atoms. The zero-order valence-corrected chi connectivity index (χ0v) is 20.8. The Morgan fingerprint density at radius 3 is 2.23 bits per heavy atom. The Morgan fingerprint density at radius 2 is 1.68 bits per heavy atom. The van der Waals surface area contributed by atoms with Crippen LogP contribution in [0.4, 0.5) is 0 Å². The molecule has 0 spiro atoms. The minimum absolute atomic E-state index is 0.0184. The van der Waals surface area contributed by atoms with Gasteiger partial charge in [-0.1, -0.05) is 51.1 Å². The van der Waals surface area contributed by atoms with Crippen LogP contribution in [0.3, 0.4) is 0 Å². The highest BCUT2D eigenvalue weighted by atomic mass is 28.4. The Morgan fingerprint density at radius 1 is 1.06 bits per heavy atom. The van der Waals surface area contributed by atoms with Crippen molar-refractivity contribution in [3.63, 3.8) is 0 Å². The van der Waals surface area contributed by atoms with Crippen molar-refractivity contribution in [1.82, 2.24) is 4.90 Å². The largest absolute Gasteiger partial charge is 0.469 e. The van der Waals surface area contributed by atoms with Gasteiger partial charge in [0, 0.05) is 12.6 Å². The van der Waals surface area contributed by atoms with Gasteiger partial charge >= 0.3 is 11.9 Å². The molecule has 1 aromatic carbocycles. The molecule has 0 aromatic heterocycles. The lowest BCUT2D eigenvalue weighted by molar-refractivity contribution is -0.146. The van der Waals surface area contributed by atoms with Gasteiger partial charge in [-0.15, -0.1) is 0 Å². The summed E-state index contributed by atoms with van der Waals surface area (Å²) >= 11 is 0. The van der Waals surface area contributed by atoms with E-state index in [1.807, 2.05) is 35.2 Å². The fraction of sp³-hybridized carbons (Fsp3) is 0.652. The molecule has 1 aliphatic heterocycles. The van der Waals surface area contributed by atoms with Gasteiger partial charge in [0.25, 0.3) is 0 Å². The molecule has 1 heterocycles. The predicted octanol–water partition coefficient (Wildman–Crippen LogP) is 3.38. The van der Waals surface area contributed by atoms with E-state index in [0.29, 0.717) is 13.2 Å². The molecule has 0 radical (unpaired) electrons. The van der Waals surface area contributed by atoms with Gasteiger partial charge in [0.05, 0.1) is 39.9 Å². The molecule has 0 saturated carbocycles. The van der Waals surface area contributed by atoms with E-state index in [0.717, 1.165) is 5.56 Å². The second-order valence-electron chi connectivity index (χ2n) is 9.53. The smallest absolute Gasteiger partial charge is 0.319 e. The Bertz CT molecular complexity index is 733. The number of benzene rings is 1. The Hall–Kier alpha value is -1.74. The van der Waals surface area contributed by atoms with Gasteiger partial charge in [0.2, 0.25) is 0 Å². The minimum Gasteiger partial charge on any atom is -0.469 e. The lowest BCUT2D eigenvalue weighted by Crippen LogP contribution is -2.48. The van der Waals surface area contributed by atoms with Crippen LogP contribution in [0.1, 0.15) is 32.8 Å². The number of hydrogen-bond donors (Lipinski definition) is 0. The number of hydrogen-bond acceptors (Lipinski definition) is 7. The van der Waals surface area contributed by atoms with Crippen LogP contribution in [0.25, 0.3) is 0 Å². The summed E-state index contributed by atoms with van der Waals surface area (Å²) in [7, 11) is 0.613. The lowest BCUT2D eigenvalue weighted by atomic mass is 10.1. The molecular weight excluding hydrogens is 414 g/mol. The number of carbonyl (C=O) groups excluding carboxylic acids is 2. The van der Waals surface area contributed by atoms with E-state index in [9.17, 15) is 9.59 Å². The monoisotopic (exact) mass is 451 g/mol. The molecule has 1 aliphatic rings. The normalized spacial score (nSPS) is 22.4. The van der Waals surface area contributed by atoms with Crippen LogP contribution in [-0.2, 0) is 34.8 Å². The van der Waals surface area contributed by atoms with Crippen molar-refractivity contribution in [2.75, 3.05) is 27.3 Å². The van der Waals surface area contributed by atoms with E-state index in [1.54, 1.807) is 0 Å². The van der Waals surface area contributed by atoms with Gasteiger partial charge in [0.15, 0.2) is 8.32 Å². The summed E-state index contributed by atoms with van der Waals surface area (Å²) in [5, 5.41) is 0.0184. The van der Waals surface area contributed by atoms with E-state index in [2.05, 4.69) is 33.9 Å². The van der Waals surface area contributed by atoms with Crippen molar-refractivity contribution in [3.8, 4) is 0 Å². The van der Waals surface area contributed by atoms with E-state index < -0.39 is 8.32 Å². The molecule has 7 nitrogen and oxygen atoms in total. The fourth-order valence-electron chi connectivity index (χ4n) is 3.48. The highest BCUT2D eigenvalue weighted by molar-refractivity contribution is 6.74. The summed E-state index contributed by atoms with van der Waals surface area (Å²) < 4.78 is 22.9. The molecule has 3 atom stereocenters. The lowest BCUT2D eigenvalue weighted by Gasteiger charge is -2.39. The summed E-state index contributed by atoms with van der Waals surface area (Å²) in [4.78, 5) is 26.2. The molecule has 1 fully saturated rings. The number of likely N-dealkylation sites (tertiary alicyclic amines) is 1. The maximum absolute atomic E-state index is 12.2. The van der Waals surface area contributed by atoms with Crippen molar-refractivity contribution < 1.29 is 28.2 Å². The third-order valence-corrected chi connectivity index (χ3v) is 10.8. The predicted molar refractivity (Wildman–Crippen MR) is 121 cm³/mol. The number of methoxy groups -OCH3 is 2. The van der Waals surface area contributed by atoms with Crippen LogP contribution >= 0.6 is 0 Å². The third-order valence-electron chi connectivity index (χ3n) is 6.33. The highest BCUT2D eigenvalue weighted by Gasteiger charge is 2.49. The molecule has 1 aromatic rings. The van der Waals surface area contributed by atoms with Gasteiger partial charge in [-0.25, -0.2) is 0 Å². The highest BCUT2D eigenvalue weighted by Crippen LogP contribution is 2.40. The van der Waals surface area contributed by atoms with Crippen LogP contribution in [-0.4, -0.2) is 70.7 Å². The number of nitrogens with zero attached hydrogens (tertiary/aromatic N) is 1. The van der Waals surface area contributed by atoms with Crippen molar-refractivity contribution in [3.05, 3.63) is 35.9 Å². The molecule has 1 saturated heterocycles. The topological polar surface area (TPSA) is 74.3 Å². The standard InChI is InChI=1S/C23H37NO6Si/c1-23(2,3)31(6,7)30-19-14-24(15-21(26)28-5)18(13-20(25)27-4)22(19)29-16-17-11-9-8-10-12-17/h8-12,18-19,22H,13-16H2,1-7H3/t18-,19-,22+/m1/s1. The number of ether oxygens (including phenoxy) is 3. The summed E-state index contributed by atoms with van der Waals surface area (Å²) in [6.45, 7) is 11.9. The zero-order chi connectivity index (χ0) is 23.2. The fourth-order valence-corrected chi connectivity index (χ4v) is 4.80. The summed E-state index contributed by atoms with van der Waals surface area (Å²) in [5.41, 5.74) is 1.04. The summed E-state index contributed by atoms with van der Waals surface area (Å²) in [6, 6.07) is 9.55. The molecule has 2 rings (SSSR count). The first kappa shape index (κ1) is 25.5. The van der Waals surface area contributed by atoms with E-state index in [4.69, 9.17) is 18.6 Å². The Balaban J connectivity index is 2.31. The van der Waals surface area contributed by atoms with E-state index in [-0.39, 0.29) is 48.2 Å². The summed E-state index contributed by atoms with van der Waals surface area (Å²) in [6.07, 6.45) is -0.522. The maximum Gasteiger partial charge on any atom is 0.319 e. The van der Waals surface area contributed by atoms with Gasteiger partial charge in [-0.3, -0.25) is 14.5 Å². The van der Waals surface area contributed by atoms with Crippen LogP contribution in [0.15, 0.2) is 30.3 Å². The number of rotatable bonds is 9. The quantitative estimate of drug-likeness (QED) is 0.421. The Kier molecular flexibility index (Phi) is 8.82. The Labute approximate surface area is 187 Å². The van der Waals surface area contributed by atoms with Crippen molar-refractivity contribution in [2.45, 2.75) is 70.2 Å². The number of esters is 2. The van der Waals surface area contributed by atoms with E-state index in [1.165, 1.54) is 14.2 Å². The maximum atomic E-state index is 12.2. The van der Waals surface area contributed by atoms with Crippen LogP contribution in [0.2, 0.25) is 18.1 Å². The van der Waals surface area contributed by atoms with Crippen LogP contribution in [0.5, 0.6) is 0 Å². The molecule has 0 N–H and O–H groups in total. The van der Waals surface area contributed by atoms with Crippen molar-refractivity contribution >= 4 is 20.3 Å². The average molecular weight is 452 g/mol. The van der Waals surface area contributed by atoms with E-state index >= 15 is 0 Å². The van der Waals surface area contributed by atoms with Gasteiger partial charge in [-0.2, -0.15) is 0 Å². The molecular formula is C23H37NO6Si. The summed E-state index contributed by atoms with van der Waals surface area (Å²) in [5.74, 6) is -0.703. The van der Waals surface area contributed by atoms with Crippen LogP contribution in [0, 0.1) is 0 Å². The first-order valence-corrected chi connectivity index (χ1v) is 13.6. The molecule has 31 heavy (non-hydrogen) atoms. The van der Waals surface area contributed by atoms with Crippen LogP contribution < -0.4 is 0 Å². The van der Waals surface area contributed by atoms with Crippen molar-refractivity contribution in [1.29, 1.82) is 0 Å². The second kappa shape index (κ2) is 10.7. The molecule has 8 heteroatoms. The number of carbonyl (C=O) groups is 2. The van der Waals surface area contributed by atoms with Gasteiger partial charge in [0.1, 0.15) is 6.10 Å². The second-order valence-corrected chi connectivity index (χ2v) is 14.3. The first-order chi connectivity index (χ1) is 14.5. The first-order valence-electron chi connectivity index (χ1n) is 10.7. The van der Waals surface area contributed by atoms with Crippen molar-refractivity contribution in [2.24, 2.45) is 0 Å². The molecule has 0 aliphatic carbocycles. The zero-order valence-electron chi connectivity index (χ0n) is 19.8. The molecule has 0 unspecified atom stereocenters. The third kappa shape index (κ3) is 6.87. The molecule has 174 valence electrons.